The molecular weight excluding hydrogens is 448 g/mol. The van der Waals surface area contributed by atoms with E-state index in [1.54, 1.807) is 0 Å². The third-order valence-corrected chi connectivity index (χ3v) is 11.0. The summed E-state index contributed by atoms with van der Waals surface area (Å²) in [5.74, 6) is 0.665. The minimum Gasteiger partial charge on any atom is -0.481 e. The molecule has 4 rings (SSSR count). The van der Waals surface area contributed by atoms with Crippen molar-refractivity contribution in [1.29, 1.82) is 0 Å². The highest BCUT2D eigenvalue weighted by Crippen LogP contribution is 2.71. The summed E-state index contributed by atoms with van der Waals surface area (Å²) in [5.41, 5.74) is -1.74. The number of carbonyl (C=O) groups is 1. The average molecular weight is 497 g/mol. The Hall–Kier alpha value is -0.730. The van der Waals surface area contributed by atoms with Crippen LogP contribution in [-0.4, -0.2) is 60.3 Å². The van der Waals surface area contributed by atoms with Crippen LogP contribution in [0.15, 0.2) is 0 Å². The number of hydrogen-bond donors (Lipinski definition) is 2. The number of aliphatic hydroxyl groups is 1. The SMILES string of the molecule is CCOCOC1CC[C@@]2(C)C(CC[C@@H]3[C@H]2CC[C@]2(C)C(O)(CCC(=O)O)CC[C@@]32OCOCC)C1. The lowest BCUT2D eigenvalue weighted by Gasteiger charge is -2.65. The Morgan fingerprint density at radius 3 is 2.37 bits per heavy atom. The van der Waals surface area contributed by atoms with E-state index in [4.69, 9.17) is 18.9 Å². The van der Waals surface area contributed by atoms with Gasteiger partial charge in [0.25, 0.3) is 0 Å². The molecule has 4 aliphatic rings. The Morgan fingerprint density at radius 2 is 1.66 bits per heavy atom. The number of aliphatic carboxylic acids is 1. The standard InChI is InChI=1S/C28H48O7/c1-5-32-18-34-21-9-12-25(3)20(17-21)7-8-23-22(25)10-13-26(4)27(31,14-11-24(29)30)15-16-28(23,26)35-19-33-6-2/h20-23,31H,5-19H2,1-4H3,(H,29,30)/t20?,21?,22-,23-,25+,26-,27?,28-/m1/s1. The van der Waals surface area contributed by atoms with Gasteiger partial charge in [0.1, 0.15) is 13.6 Å². The maximum Gasteiger partial charge on any atom is 0.303 e. The van der Waals surface area contributed by atoms with Gasteiger partial charge in [-0.15, -0.1) is 0 Å². The van der Waals surface area contributed by atoms with Crippen molar-refractivity contribution in [2.45, 2.75) is 116 Å². The highest BCUT2D eigenvalue weighted by molar-refractivity contribution is 5.66. The van der Waals surface area contributed by atoms with E-state index in [2.05, 4.69) is 13.8 Å². The van der Waals surface area contributed by atoms with Crippen molar-refractivity contribution in [3.8, 4) is 0 Å². The molecule has 2 N–H and O–H groups in total. The molecule has 0 aliphatic heterocycles. The molecule has 7 heteroatoms. The van der Waals surface area contributed by atoms with Crippen LogP contribution in [0.1, 0.15) is 98.3 Å². The highest BCUT2D eigenvalue weighted by Gasteiger charge is 2.72. The van der Waals surface area contributed by atoms with E-state index in [1.807, 2.05) is 13.8 Å². The fourth-order valence-corrected chi connectivity index (χ4v) is 8.93. The molecule has 0 saturated heterocycles. The second kappa shape index (κ2) is 10.6. The van der Waals surface area contributed by atoms with Crippen molar-refractivity contribution in [2.24, 2.45) is 28.6 Å². The minimum absolute atomic E-state index is 0.00928. The van der Waals surface area contributed by atoms with Crippen LogP contribution < -0.4 is 0 Å². The molecule has 0 amide bonds. The van der Waals surface area contributed by atoms with Gasteiger partial charge < -0.3 is 29.2 Å². The van der Waals surface area contributed by atoms with Crippen LogP contribution in [0.2, 0.25) is 0 Å². The smallest absolute Gasteiger partial charge is 0.303 e. The van der Waals surface area contributed by atoms with Crippen LogP contribution >= 0.6 is 0 Å². The van der Waals surface area contributed by atoms with Gasteiger partial charge in [-0.3, -0.25) is 4.79 Å². The van der Waals surface area contributed by atoms with Crippen LogP contribution in [0.5, 0.6) is 0 Å². The Balaban J connectivity index is 1.58. The Kier molecular flexibility index (Phi) is 8.24. The second-order valence-electron chi connectivity index (χ2n) is 12.1. The molecule has 8 atom stereocenters. The van der Waals surface area contributed by atoms with Crippen molar-refractivity contribution in [2.75, 3.05) is 26.8 Å². The fourth-order valence-electron chi connectivity index (χ4n) is 8.93. The van der Waals surface area contributed by atoms with Crippen LogP contribution in [0.25, 0.3) is 0 Å². The van der Waals surface area contributed by atoms with Gasteiger partial charge in [-0.05, 0) is 101 Å². The van der Waals surface area contributed by atoms with Gasteiger partial charge in [0.05, 0.1) is 17.3 Å². The van der Waals surface area contributed by atoms with Crippen LogP contribution in [0.4, 0.5) is 0 Å². The third kappa shape index (κ3) is 4.58. The zero-order valence-corrected chi connectivity index (χ0v) is 22.4. The quantitative estimate of drug-likeness (QED) is 0.302. The molecule has 0 aromatic rings. The van der Waals surface area contributed by atoms with Crippen molar-refractivity contribution < 1.29 is 34.0 Å². The molecule has 0 spiro atoms. The number of rotatable bonds is 11. The highest BCUT2D eigenvalue weighted by atomic mass is 16.7. The number of hydrogen-bond acceptors (Lipinski definition) is 6. The summed E-state index contributed by atoms with van der Waals surface area (Å²) in [5, 5.41) is 21.3. The van der Waals surface area contributed by atoms with E-state index >= 15 is 0 Å². The monoisotopic (exact) mass is 496 g/mol. The topological polar surface area (TPSA) is 94.5 Å². The van der Waals surface area contributed by atoms with Gasteiger partial charge in [-0.1, -0.05) is 13.8 Å². The third-order valence-electron chi connectivity index (χ3n) is 11.0. The first-order valence-electron chi connectivity index (χ1n) is 14.0. The molecule has 0 bridgehead atoms. The molecule has 0 radical (unpaired) electrons. The van der Waals surface area contributed by atoms with Gasteiger partial charge in [0, 0.05) is 25.0 Å². The molecule has 7 nitrogen and oxygen atoms in total. The summed E-state index contributed by atoms with van der Waals surface area (Å²) in [6.45, 7) is 10.5. The summed E-state index contributed by atoms with van der Waals surface area (Å²) >= 11 is 0. The molecule has 0 aromatic heterocycles. The molecular formula is C28H48O7. The summed E-state index contributed by atoms with van der Waals surface area (Å²) in [7, 11) is 0. The number of carboxylic acids is 1. The summed E-state index contributed by atoms with van der Waals surface area (Å²) in [4.78, 5) is 11.4. The van der Waals surface area contributed by atoms with Gasteiger partial charge in [0.2, 0.25) is 0 Å². The molecule has 3 unspecified atom stereocenters. The van der Waals surface area contributed by atoms with Gasteiger partial charge >= 0.3 is 5.97 Å². The Bertz CT molecular complexity index is 745. The number of ether oxygens (including phenoxy) is 4. The lowest BCUT2D eigenvalue weighted by atomic mass is 9.43. The van der Waals surface area contributed by atoms with Gasteiger partial charge in [-0.2, -0.15) is 0 Å². The summed E-state index contributed by atoms with van der Waals surface area (Å²) in [6, 6.07) is 0. The van der Waals surface area contributed by atoms with E-state index in [0.717, 1.165) is 51.4 Å². The first-order valence-corrected chi connectivity index (χ1v) is 14.0. The fraction of sp³-hybridized carbons (Fsp3) is 0.964. The van der Waals surface area contributed by atoms with Gasteiger partial charge in [0.15, 0.2) is 0 Å². The first-order chi connectivity index (χ1) is 16.7. The van der Waals surface area contributed by atoms with Crippen LogP contribution in [0.3, 0.4) is 0 Å². The Morgan fingerprint density at radius 1 is 0.914 bits per heavy atom. The van der Waals surface area contributed by atoms with Crippen LogP contribution in [0, 0.1) is 28.6 Å². The number of fused-ring (bicyclic) bond motifs is 5. The maximum absolute atomic E-state index is 11.9. The summed E-state index contributed by atoms with van der Waals surface area (Å²) in [6.07, 6.45) is 9.40. The van der Waals surface area contributed by atoms with Crippen LogP contribution in [-0.2, 0) is 23.7 Å². The van der Waals surface area contributed by atoms with E-state index in [-0.39, 0.29) is 31.2 Å². The first kappa shape index (κ1) is 27.3. The van der Waals surface area contributed by atoms with E-state index in [0.29, 0.717) is 44.2 Å². The molecule has 202 valence electrons. The van der Waals surface area contributed by atoms with Crippen molar-refractivity contribution >= 4 is 5.97 Å². The molecule has 0 heterocycles. The summed E-state index contributed by atoms with van der Waals surface area (Å²) < 4.78 is 23.9. The zero-order valence-electron chi connectivity index (χ0n) is 22.4. The van der Waals surface area contributed by atoms with E-state index < -0.39 is 22.6 Å². The predicted octanol–water partition coefficient (Wildman–Crippen LogP) is 5.14. The molecule has 0 aromatic carbocycles. The maximum atomic E-state index is 11.9. The molecule has 35 heavy (non-hydrogen) atoms. The second-order valence-corrected chi connectivity index (χ2v) is 12.1. The largest absolute Gasteiger partial charge is 0.481 e. The van der Waals surface area contributed by atoms with Crippen molar-refractivity contribution in [3.63, 3.8) is 0 Å². The van der Waals surface area contributed by atoms with E-state index in [9.17, 15) is 15.0 Å². The molecule has 4 aliphatic carbocycles. The normalized spacial score (nSPS) is 44.9. The minimum atomic E-state index is -1.02. The van der Waals surface area contributed by atoms with E-state index in [1.165, 1.54) is 0 Å². The Labute approximate surface area is 211 Å². The van der Waals surface area contributed by atoms with Crippen molar-refractivity contribution in [1.82, 2.24) is 0 Å². The lowest BCUT2D eigenvalue weighted by Crippen LogP contribution is -2.66. The average Bonchev–Trinajstić information content (AvgIpc) is 3.06. The predicted molar refractivity (Wildman–Crippen MR) is 132 cm³/mol. The number of carboxylic acid groups (broad SMARTS) is 1. The zero-order chi connectivity index (χ0) is 25.3. The molecule has 4 saturated carbocycles. The lowest BCUT2D eigenvalue weighted by molar-refractivity contribution is -0.280. The molecule has 4 fully saturated rings. The van der Waals surface area contributed by atoms with Gasteiger partial charge in [-0.25, -0.2) is 0 Å². The van der Waals surface area contributed by atoms with Crippen molar-refractivity contribution in [3.05, 3.63) is 0 Å².